The average molecular weight is 1410 g/mol. The van der Waals surface area contributed by atoms with Crippen LogP contribution in [0.25, 0.3) is 177 Å². The molecular weight excluding hydrogens is 1350 g/mol. The quantitative estimate of drug-likeness (QED) is 0.0975. The molecule has 16 aromatic carbocycles. The topological polar surface area (TPSA) is 116 Å². The molecule has 3 aromatic heterocycles. The summed E-state index contributed by atoms with van der Waals surface area (Å²) in [5.41, 5.74) is 14.8. The normalized spacial score (nSPS) is 11.2. The van der Waals surface area contributed by atoms with E-state index in [4.69, 9.17) is 49.8 Å². The molecule has 12 heteroatoms. The minimum absolute atomic E-state index is 0.175. The van der Waals surface area contributed by atoms with Crippen molar-refractivity contribution in [2.45, 2.75) is 0 Å². The van der Waals surface area contributed by atoms with Crippen LogP contribution in [0, 0.1) is 0 Å². The Bertz CT molecular complexity index is 6340. The number of nitrogens with zero attached hydrogens (tertiary/aromatic N) is 9. The smallest absolute Gasteiger partial charge is 0.208 e. The van der Waals surface area contributed by atoms with E-state index in [0.717, 1.165) is 66.2 Å². The molecule has 0 aliphatic carbocycles. The number of hydrogen-bond donors (Lipinski definition) is 0. The summed E-state index contributed by atoms with van der Waals surface area (Å²) in [4.78, 5) is 40.8. The molecule has 496 valence electrons. The minimum Gasteiger partial charge on any atom is -0.208 e. The zero-order chi connectivity index (χ0) is 70.6. The maximum Gasteiger partial charge on any atom is 0.226 e. The lowest BCUT2D eigenvalue weighted by atomic mass is 9.86. The summed E-state index contributed by atoms with van der Waals surface area (Å²) >= 11 is 19.0. The van der Waals surface area contributed by atoms with E-state index in [2.05, 4.69) is 273 Å². The molecule has 0 amide bonds. The minimum atomic E-state index is 0.175. The van der Waals surface area contributed by atoms with E-state index < -0.39 is 0 Å². The maximum atomic E-state index is 6.44. The van der Waals surface area contributed by atoms with Gasteiger partial charge in [-0.15, -0.1) is 0 Å². The molecule has 0 aliphatic rings. The number of benzene rings is 16. The summed E-state index contributed by atoms with van der Waals surface area (Å²) in [5.74, 6) is 3.35. The van der Waals surface area contributed by atoms with Crippen molar-refractivity contribution in [2.75, 3.05) is 0 Å². The number of aromatic nitrogens is 9. The molecule has 19 rings (SSSR count). The molecule has 9 nitrogen and oxygen atoms in total. The molecule has 0 N–H and O–H groups in total. The van der Waals surface area contributed by atoms with Crippen molar-refractivity contribution >= 4 is 99.4 Å². The Morgan fingerprint density at radius 3 is 0.867 bits per heavy atom. The zero-order valence-electron chi connectivity index (χ0n) is 56.1. The fourth-order valence-electron chi connectivity index (χ4n) is 14.0. The molecule has 0 unspecified atom stereocenters. The molecule has 3 heterocycles. The molecule has 105 heavy (non-hydrogen) atoms. The van der Waals surface area contributed by atoms with Gasteiger partial charge in [0.05, 0.1) is 0 Å². The van der Waals surface area contributed by atoms with Crippen LogP contribution in [0.15, 0.2) is 352 Å². The van der Waals surface area contributed by atoms with Gasteiger partial charge in [-0.05, 0) is 162 Å². The standard InChI is InChI=1S/C35H22ClN3.C33H20ClN3.C25H16ClN3/c36-35-38-33(25-13-5-2-6-14-25)37-34(39-35)26-21-19-24(20-22-26)32-29-17-9-7-15-27(29)31(23-11-3-1-4-12-23)28-16-8-10-18-30(28)32;34-33-36-31(23-12-8-11-22(19-23)21-9-2-1-3-10-21)35-32(37-33)24-17-18-29-27-15-5-4-13-25(27)26-14-6-7-16-28(26)30(29)20-24;26-25-28-23(18-11-5-2-6-12-18)27-24(29-25)22-16-15-19(17-9-3-1-4-10-17)20-13-7-8-14-21(20)22/h1-22H;1-20H;1-16H. The highest BCUT2D eigenvalue weighted by Gasteiger charge is 2.20. The van der Waals surface area contributed by atoms with Gasteiger partial charge in [0.25, 0.3) is 0 Å². The van der Waals surface area contributed by atoms with Crippen LogP contribution in [0.2, 0.25) is 15.9 Å². The number of rotatable bonds is 10. The predicted molar refractivity (Wildman–Crippen MR) is 434 cm³/mol. The van der Waals surface area contributed by atoms with Crippen molar-refractivity contribution in [2.24, 2.45) is 0 Å². The van der Waals surface area contributed by atoms with Crippen LogP contribution in [0.3, 0.4) is 0 Å². The molecular formula is C93H58Cl3N9. The SMILES string of the molecule is Clc1nc(-c2cccc(-c3ccccc3)c2)nc(-c2ccc3c4ccccc4c4ccccc4c3c2)n1.Clc1nc(-c2ccccc2)nc(-c2ccc(-c3c4ccccc4c(-c4ccccc4)c4ccccc34)cc2)n1.Clc1nc(-c2ccccc2)nc(-c2ccc(-c3ccccc3)c3ccccc23)n1. The second kappa shape index (κ2) is 29.1. The third-order valence-electron chi connectivity index (χ3n) is 18.8. The summed E-state index contributed by atoms with van der Waals surface area (Å²) in [7, 11) is 0. The Morgan fingerprint density at radius 1 is 0.143 bits per heavy atom. The molecule has 0 aliphatic heterocycles. The Kier molecular flexibility index (Phi) is 18.1. The van der Waals surface area contributed by atoms with Crippen molar-refractivity contribution < 1.29 is 0 Å². The Labute approximate surface area is 620 Å². The van der Waals surface area contributed by atoms with Gasteiger partial charge in [0.1, 0.15) is 0 Å². The average Bonchev–Trinajstić information content (AvgIpc) is 0.741. The number of hydrogen-bond acceptors (Lipinski definition) is 9. The van der Waals surface area contributed by atoms with Crippen molar-refractivity contribution in [1.82, 2.24) is 44.9 Å². The van der Waals surface area contributed by atoms with Crippen LogP contribution in [0.4, 0.5) is 0 Å². The van der Waals surface area contributed by atoms with Gasteiger partial charge in [-0.3, -0.25) is 0 Å². The molecule has 19 aromatic rings. The first kappa shape index (κ1) is 65.3. The molecule has 0 atom stereocenters. The van der Waals surface area contributed by atoms with E-state index in [0.29, 0.717) is 34.9 Å². The molecule has 0 saturated carbocycles. The summed E-state index contributed by atoms with van der Waals surface area (Å²) < 4.78 is 0. The first-order valence-corrected chi connectivity index (χ1v) is 35.5. The zero-order valence-corrected chi connectivity index (χ0v) is 58.4. The second-order valence-electron chi connectivity index (χ2n) is 25.1. The van der Waals surface area contributed by atoms with Crippen LogP contribution in [-0.2, 0) is 0 Å². The highest BCUT2D eigenvalue weighted by Crippen LogP contribution is 2.45. The maximum absolute atomic E-state index is 6.44. The second-order valence-corrected chi connectivity index (χ2v) is 26.2. The largest absolute Gasteiger partial charge is 0.226 e. The third-order valence-corrected chi connectivity index (χ3v) is 19.3. The third kappa shape index (κ3) is 13.4. The lowest BCUT2D eigenvalue weighted by molar-refractivity contribution is 1.07. The van der Waals surface area contributed by atoms with Gasteiger partial charge in [0.2, 0.25) is 15.9 Å². The monoisotopic (exact) mass is 1410 g/mol. The van der Waals surface area contributed by atoms with Gasteiger partial charge in [0.15, 0.2) is 34.9 Å². The molecule has 0 spiro atoms. The fraction of sp³-hybridized carbons (Fsp3) is 0. The van der Waals surface area contributed by atoms with Gasteiger partial charge in [0, 0.05) is 33.4 Å². The van der Waals surface area contributed by atoms with Crippen LogP contribution >= 0.6 is 34.8 Å². The molecule has 0 fully saturated rings. The number of fused-ring (bicyclic) bond motifs is 9. The van der Waals surface area contributed by atoms with E-state index in [1.807, 2.05) is 109 Å². The first-order valence-electron chi connectivity index (χ1n) is 34.3. The van der Waals surface area contributed by atoms with Gasteiger partial charge in [-0.25, -0.2) is 15.0 Å². The summed E-state index contributed by atoms with van der Waals surface area (Å²) in [5, 5.41) is 15.0. The van der Waals surface area contributed by atoms with E-state index in [1.165, 1.54) is 76.3 Å². The van der Waals surface area contributed by atoms with E-state index in [1.54, 1.807) is 0 Å². The molecule has 0 bridgehead atoms. The fourth-order valence-corrected chi connectivity index (χ4v) is 14.5. The van der Waals surface area contributed by atoms with Gasteiger partial charge in [-0.2, -0.15) is 29.9 Å². The van der Waals surface area contributed by atoms with E-state index in [9.17, 15) is 0 Å². The highest BCUT2D eigenvalue weighted by atomic mass is 35.5. The highest BCUT2D eigenvalue weighted by molar-refractivity contribution is 6.29. The first-order chi connectivity index (χ1) is 51.8. The Hall–Kier alpha value is -13.0. The predicted octanol–water partition coefficient (Wildman–Crippen LogP) is 25.2. The van der Waals surface area contributed by atoms with E-state index >= 15 is 0 Å². The summed E-state index contributed by atoms with van der Waals surface area (Å²) in [6.45, 7) is 0. The van der Waals surface area contributed by atoms with Crippen LogP contribution in [0.1, 0.15) is 0 Å². The van der Waals surface area contributed by atoms with Gasteiger partial charge in [-0.1, -0.05) is 334 Å². The lowest BCUT2D eigenvalue weighted by Gasteiger charge is -2.17. The van der Waals surface area contributed by atoms with Crippen molar-refractivity contribution in [1.29, 1.82) is 0 Å². The van der Waals surface area contributed by atoms with Crippen molar-refractivity contribution in [3.63, 3.8) is 0 Å². The summed E-state index contributed by atoms with van der Waals surface area (Å²) in [6, 6.07) is 121. The van der Waals surface area contributed by atoms with Crippen molar-refractivity contribution in [3.05, 3.63) is 368 Å². The van der Waals surface area contributed by atoms with Gasteiger partial charge < -0.3 is 0 Å². The lowest BCUT2D eigenvalue weighted by Crippen LogP contribution is -1.98. The molecule has 0 saturated heterocycles. The van der Waals surface area contributed by atoms with Crippen LogP contribution < -0.4 is 0 Å². The Morgan fingerprint density at radius 2 is 0.410 bits per heavy atom. The van der Waals surface area contributed by atoms with Crippen LogP contribution in [0.5, 0.6) is 0 Å². The van der Waals surface area contributed by atoms with Gasteiger partial charge >= 0.3 is 0 Å². The Balaban J connectivity index is 0.000000118. The van der Waals surface area contributed by atoms with E-state index in [-0.39, 0.29) is 15.9 Å². The van der Waals surface area contributed by atoms with Crippen LogP contribution in [-0.4, -0.2) is 44.9 Å². The molecule has 0 radical (unpaired) electrons. The number of halogens is 3. The summed E-state index contributed by atoms with van der Waals surface area (Å²) in [6.07, 6.45) is 0. The van der Waals surface area contributed by atoms with Crippen molar-refractivity contribution in [3.8, 4) is 113 Å².